The number of hydrogen-bond acceptors (Lipinski definition) is 1. The Bertz CT molecular complexity index is 410. The van der Waals surface area contributed by atoms with E-state index in [0.29, 0.717) is 0 Å². The molecule has 0 spiro atoms. The van der Waals surface area contributed by atoms with Crippen molar-refractivity contribution < 1.29 is 4.74 Å². The van der Waals surface area contributed by atoms with Gasteiger partial charge in [0.15, 0.2) is 0 Å². The highest BCUT2D eigenvalue weighted by atomic mass is 16.5. The lowest BCUT2D eigenvalue weighted by Gasteiger charge is -2.19. The van der Waals surface area contributed by atoms with Gasteiger partial charge >= 0.3 is 0 Å². The molecule has 0 atom stereocenters. The molecule has 0 amide bonds. The van der Waals surface area contributed by atoms with Crippen molar-refractivity contribution in [2.45, 2.75) is 25.4 Å². The predicted molar refractivity (Wildman–Crippen MR) is 79.9 cm³/mol. The van der Waals surface area contributed by atoms with Crippen LogP contribution < -0.4 is 0 Å². The Balaban J connectivity index is 2.10. The van der Waals surface area contributed by atoms with Crippen molar-refractivity contribution >= 4 is 0 Å². The van der Waals surface area contributed by atoms with E-state index in [2.05, 4.69) is 55.5 Å². The summed E-state index contributed by atoms with van der Waals surface area (Å²) in [6.45, 7) is 4.64. The van der Waals surface area contributed by atoms with Crippen LogP contribution in [-0.4, -0.2) is 6.61 Å². The zero-order chi connectivity index (χ0) is 13.3. The van der Waals surface area contributed by atoms with Crippen LogP contribution in [0.2, 0.25) is 0 Å². The summed E-state index contributed by atoms with van der Waals surface area (Å²) in [5, 5.41) is 0. The lowest BCUT2D eigenvalue weighted by Crippen LogP contribution is -2.07. The van der Waals surface area contributed by atoms with Crippen LogP contribution in [0.5, 0.6) is 0 Å². The zero-order valence-corrected chi connectivity index (χ0v) is 11.3. The predicted octanol–water partition coefficient (Wildman–Crippen LogP) is 4.80. The SMILES string of the molecule is [CH2]CCCCOC(c1ccccc1)c1ccccc1. The first-order valence-corrected chi connectivity index (χ1v) is 6.92. The van der Waals surface area contributed by atoms with Gasteiger partial charge in [0.05, 0.1) is 0 Å². The Hall–Kier alpha value is -1.60. The Morgan fingerprint density at radius 2 is 1.32 bits per heavy atom. The largest absolute Gasteiger partial charge is 0.369 e. The van der Waals surface area contributed by atoms with E-state index in [1.54, 1.807) is 0 Å². The van der Waals surface area contributed by atoms with Crippen molar-refractivity contribution in [3.05, 3.63) is 78.7 Å². The summed E-state index contributed by atoms with van der Waals surface area (Å²) in [7, 11) is 0. The minimum Gasteiger partial charge on any atom is -0.369 e. The van der Waals surface area contributed by atoms with Crippen LogP contribution >= 0.6 is 0 Å². The molecule has 0 aliphatic rings. The van der Waals surface area contributed by atoms with Gasteiger partial charge < -0.3 is 4.74 Å². The maximum atomic E-state index is 6.09. The molecule has 1 heteroatoms. The van der Waals surface area contributed by atoms with Gasteiger partial charge in [0, 0.05) is 6.61 Å². The van der Waals surface area contributed by atoms with Crippen molar-refractivity contribution in [3.8, 4) is 0 Å². The fourth-order valence-corrected chi connectivity index (χ4v) is 2.12. The number of unbranched alkanes of at least 4 members (excludes halogenated alkanes) is 2. The molecule has 1 nitrogen and oxygen atoms in total. The van der Waals surface area contributed by atoms with Gasteiger partial charge in [0.25, 0.3) is 0 Å². The smallest absolute Gasteiger partial charge is 0.108 e. The lowest BCUT2D eigenvalue weighted by atomic mass is 10.0. The molecular formula is C18H21O. The average molecular weight is 253 g/mol. The highest BCUT2D eigenvalue weighted by Gasteiger charge is 2.13. The van der Waals surface area contributed by atoms with E-state index in [1.807, 2.05) is 12.1 Å². The first-order valence-electron chi connectivity index (χ1n) is 6.92. The van der Waals surface area contributed by atoms with Gasteiger partial charge in [0.1, 0.15) is 6.10 Å². The van der Waals surface area contributed by atoms with E-state index >= 15 is 0 Å². The molecule has 0 N–H and O–H groups in total. The molecule has 2 rings (SSSR count). The van der Waals surface area contributed by atoms with E-state index in [0.717, 1.165) is 25.9 Å². The first kappa shape index (κ1) is 13.8. The van der Waals surface area contributed by atoms with E-state index in [4.69, 9.17) is 4.74 Å². The lowest BCUT2D eigenvalue weighted by molar-refractivity contribution is 0.0773. The minimum atomic E-state index is 0.0345. The van der Waals surface area contributed by atoms with Crippen LogP contribution in [0.1, 0.15) is 36.5 Å². The second-order valence-corrected chi connectivity index (χ2v) is 4.63. The van der Waals surface area contributed by atoms with Gasteiger partial charge in [-0.3, -0.25) is 0 Å². The van der Waals surface area contributed by atoms with Crippen molar-refractivity contribution in [3.63, 3.8) is 0 Å². The van der Waals surface area contributed by atoms with Gasteiger partial charge in [-0.15, -0.1) is 0 Å². The normalized spacial score (nSPS) is 10.8. The highest BCUT2D eigenvalue weighted by molar-refractivity contribution is 5.29. The molecule has 0 bridgehead atoms. The molecule has 2 aromatic rings. The summed E-state index contributed by atoms with van der Waals surface area (Å²) in [6.07, 6.45) is 3.20. The maximum absolute atomic E-state index is 6.09. The van der Waals surface area contributed by atoms with Gasteiger partial charge in [-0.2, -0.15) is 0 Å². The van der Waals surface area contributed by atoms with E-state index in [9.17, 15) is 0 Å². The maximum Gasteiger partial charge on any atom is 0.108 e. The molecule has 0 aliphatic heterocycles. The molecule has 2 aromatic carbocycles. The van der Waals surface area contributed by atoms with E-state index < -0.39 is 0 Å². The third kappa shape index (κ3) is 4.22. The van der Waals surface area contributed by atoms with Crippen molar-refractivity contribution in [1.82, 2.24) is 0 Å². The van der Waals surface area contributed by atoms with Crippen LogP contribution in [-0.2, 0) is 4.74 Å². The van der Waals surface area contributed by atoms with Crippen LogP contribution in [0, 0.1) is 6.92 Å². The van der Waals surface area contributed by atoms with Crippen molar-refractivity contribution in [1.29, 1.82) is 0 Å². The molecule has 0 saturated carbocycles. The van der Waals surface area contributed by atoms with Crippen LogP contribution in [0.3, 0.4) is 0 Å². The van der Waals surface area contributed by atoms with Crippen LogP contribution in [0.25, 0.3) is 0 Å². The standard InChI is InChI=1S/C18H21O/c1-2-3-10-15-19-18(16-11-6-4-7-12-16)17-13-8-5-9-14-17/h4-9,11-14,18H,1-3,10,15H2. The zero-order valence-electron chi connectivity index (χ0n) is 11.3. The third-order valence-electron chi connectivity index (χ3n) is 3.13. The van der Waals surface area contributed by atoms with Crippen molar-refractivity contribution in [2.75, 3.05) is 6.61 Å². The summed E-state index contributed by atoms with van der Waals surface area (Å²) in [5.41, 5.74) is 2.42. The molecule has 0 saturated heterocycles. The summed E-state index contributed by atoms with van der Waals surface area (Å²) in [6, 6.07) is 20.8. The van der Waals surface area contributed by atoms with E-state index in [1.165, 1.54) is 11.1 Å². The molecule has 0 fully saturated rings. The second kappa shape index (κ2) is 7.75. The highest BCUT2D eigenvalue weighted by Crippen LogP contribution is 2.25. The van der Waals surface area contributed by atoms with Crippen LogP contribution in [0.15, 0.2) is 60.7 Å². The van der Waals surface area contributed by atoms with E-state index in [-0.39, 0.29) is 6.10 Å². The monoisotopic (exact) mass is 253 g/mol. The molecule has 19 heavy (non-hydrogen) atoms. The molecule has 0 aromatic heterocycles. The number of hydrogen-bond donors (Lipinski definition) is 0. The Morgan fingerprint density at radius 1 is 0.789 bits per heavy atom. The minimum absolute atomic E-state index is 0.0345. The summed E-state index contributed by atoms with van der Waals surface area (Å²) < 4.78 is 6.09. The molecule has 0 unspecified atom stereocenters. The van der Waals surface area contributed by atoms with Gasteiger partial charge in [-0.05, 0) is 17.5 Å². The fourth-order valence-electron chi connectivity index (χ4n) is 2.12. The topological polar surface area (TPSA) is 9.23 Å². The van der Waals surface area contributed by atoms with Crippen LogP contribution in [0.4, 0.5) is 0 Å². The molecule has 0 aliphatic carbocycles. The number of benzene rings is 2. The third-order valence-corrected chi connectivity index (χ3v) is 3.13. The Morgan fingerprint density at radius 3 is 1.79 bits per heavy atom. The van der Waals surface area contributed by atoms with Crippen molar-refractivity contribution in [2.24, 2.45) is 0 Å². The summed E-state index contributed by atoms with van der Waals surface area (Å²) in [4.78, 5) is 0. The quantitative estimate of drug-likeness (QED) is 0.644. The summed E-state index contributed by atoms with van der Waals surface area (Å²) >= 11 is 0. The molecular weight excluding hydrogens is 232 g/mol. The first-order chi connectivity index (χ1) is 9.42. The Labute approximate surface area is 116 Å². The Kier molecular flexibility index (Phi) is 5.64. The van der Waals surface area contributed by atoms with Gasteiger partial charge in [-0.1, -0.05) is 80.4 Å². The number of ether oxygens (including phenoxy) is 1. The molecule has 99 valence electrons. The average Bonchev–Trinajstić information content (AvgIpc) is 2.49. The second-order valence-electron chi connectivity index (χ2n) is 4.63. The van der Waals surface area contributed by atoms with Gasteiger partial charge in [0.2, 0.25) is 0 Å². The number of rotatable bonds is 7. The summed E-state index contributed by atoms with van der Waals surface area (Å²) in [5.74, 6) is 0. The fraction of sp³-hybridized carbons (Fsp3) is 0.278. The molecule has 1 radical (unpaired) electrons. The van der Waals surface area contributed by atoms with Gasteiger partial charge in [-0.25, -0.2) is 0 Å². The molecule has 0 heterocycles.